The van der Waals surface area contributed by atoms with E-state index in [4.69, 9.17) is 16.3 Å². The minimum absolute atomic E-state index is 0.586. The lowest BCUT2D eigenvalue weighted by Crippen LogP contribution is -2.12. The zero-order valence-electron chi connectivity index (χ0n) is 10.6. The molecule has 0 aliphatic heterocycles. The van der Waals surface area contributed by atoms with Crippen molar-refractivity contribution in [3.63, 3.8) is 0 Å². The van der Waals surface area contributed by atoms with Gasteiger partial charge in [0.15, 0.2) is 0 Å². The average Bonchev–Trinajstić information content (AvgIpc) is 2.40. The largest absolute Gasteiger partial charge is 0.491 e. The third-order valence-corrected chi connectivity index (χ3v) is 3.52. The van der Waals surface area contributed by atoms with Crippen molar-refractivity contribution < 1.29 is 4.74 Å². The third-order valence-electron chi connectivity index (χ3n) is 2.70. The van der Waals surface area contributed by atoms with Crippen LogP contribution in [0, 0.1) is 6.92 Å². The molecule has 2 aromatic rings. The summed E-state index contributed by atoms with van der Waals surface area (Å²) in [6.07, 6.45) is 0. The molecule has 2 rings (SSSR count). The Labute approximate surface area is 126 Å². The fraction of sp³-hybridized carbons (Fsp3) is 0.200. The molecule has 100 valence electrons. The van der Waals surface area contributed by atoms with E-state index in [9.17, 15) is 0 Å². The Morgan fingerprint density at radius 2 is 2.00 bits per heavy atom. The van der Waals surface area contributed by atoms with Gasteiger partial charge in [0.2, 0.25) is 0 Å². The van der Waals surface area contributed by atoms with E-state index in [2.05, 4.69) is 21.2 Å². The van der Waals surface area contributed by atoms with Crippen molar-refractivity contribution in [2.24, 2.45) is 0 Å². The number of rotatable bonds is 5. The molecule has 0 bridgehead atoms. The van der Waals surface area contributed by atoms with Crippen molar-refractivity contribution in [1.82, 2.24) is 0 Å². The normalized spacial score (nSPS) is 10.3. The molecule has 0 fully saturated rings. The maximum Gasteiger partial charge on any atom is 0.123 e. The molecule has 0 saturated heterocycles. The van der Waals surface area contributed by atoms with Crippen molar-refractivity contribution in [2.75, 3.05) is 18.5 Å². The lowest BCUT2D eigenvalue weighted by Gasteiger charge is -2.11. The van der Waals surface area contributed by atoms with Gasteiger partial charge in [-0.15, -0.1) is 0 Å². The second kappa shape index (κ2) is 6.83. The van der Waals surface area contributed by atoms with Gasteiger partial charge in [-0.2, -0.15) is 0 Å². The van der Waals surface area contributed by atoms with Gasteiger partial charge in [-0.1, -0.05) is 45.7 Å². The van der Waals surface area contributed by atoms with Crippen molar-refractivity contribution >= 4 is 33.2 Å². The molecule has 0 unspecified atom stereocenters. The molecule has 0 aliphatic carbocycles. The first-order valence-electron chi connectivity index (χ1n) is 6.04. The molecule has 0 aromatic heterocycles. The molecular formula is C15H15BrClNO. The Hall–Kier alpha value is -1.19. The van der Waals surface area contributed by atoms with Crippen LogP contribution in [0.3, 0.4) is 0 Å². The summed E-state index contributed by atoms with van der Waals surface area (Å²) in [6.45, 7) is 3.32. The van der Waals surface area contributed by atoms with Crippen LogP contribution >= 0.6 is 27.5 Å². The Balaban J connectivity index is 1.84. The number of anilines is 1. The summed E-state index contributed by atoms with van der Waals surface area (Å²) in [5, 5.41) is 3.97. The second-order valence-electron chi connectivity index (χ2n) is 4.16. The van der Waals surface area contributed by atoms with Gasteiger partial charge in [-0.25, -0.2) is 0 Å². The molecule has 0 aliphatic rings. The molecule has 19 heavy (non-hydrogen) atoms. The first kappa shape index (κ1) is 14.2. The maximum atomic E-state index is 6.06. The number of hydrogen-bond donors (Lipinski definition) is 1. The van der Waals surface area contributed by atoms with Gasteiger partial charge < -0.3 is 10.1 Å². The van der Waals surface area contributed by atoms with Crippen molar-refractivity contribution in [3.8, 4) is 5.75 Å². The highest BCUT2D eigenvalue weighted by Crippen LogP contribution is 2.23. The molecule has 0 radical (unpaired) electrons. The minimum atomic E-state index is 0.586. The van der Waals surface area contributed by atoms with E-state index in [0.29, 0.717) is 13.2 Å². The zero-order valence-corrected chi connectivity index (χ0v) is 13.0. The summed E-state index contributed by atoms with van der Waals surface area (Å²) >= 11 is 9.50. The number of benzene rings is 2. The molecule has 0 amide bonds. The minimum Gasteiger partial charge on any atom is -0.491 e. The fourth-order valence-corrected chi connectivity index (χ4v) is 2.22. The predicted octanol–water partition coefficient (Wildman–Crippen LogP) is 4.90. The zero-order chi connectivity index (χ0) is 13.7. The summed E-state index contributed by atoms with van der Waals surface area (Å²) < 4.78 is 6.76. The van der Waals surface area contributed by atoms with E-state index in [1.54, 1.807) is 0 Å². The van der Waals surface area contributed by atoms with Gasteiger partial charge in [0, 0.05) is 11.0 Å². The average molecular weight is 341 g/mol. The Morgan fingerprint density at radius 1 is 1.21 bits per heavy atom. The second-order valence-corrected chi connectivity index (χ2v) is 5.49. The van der Waals surface area contributed by atoms with E-state index in [0.717, 1.165) is 26.5 Å². The number of nitrogens with one attached hydrogen (secondary N) is 1. The Kier molecular flexibility index (Phi) is 5.11. The van der Waals surface area contributed by atoms with Gasteiger partial charge in [0.05, 0.1) is 10.7 Å². The van der Waals surface area contributed by atoms with Crippen LogP contribution < -0.4 is 10.1 Å². The predicted molar refractivity (Wildman–Crippen MR) is 84.3 cm³/mol. The van der Waals surface area contributed by atoms with Crippen LogP contribution in [0.2, 0.25) is 5.02 Å². The van der Waals surface area contributed by atoms with Crippen LogP contribution in [-0.4, -0.2) is 13.2 Å². The molecule has 2 nitrogen and oxygen atoms in total. The molecule has 0 heterocycles. The van der Waals surface area contributed by atoms with E-state index in [-0.39, 0.29) is 0 Å². The number of hydrogen-bond acceptors (Lipinski definition) is 2. The van der Waals surface area contributed by atoms with Gasteiger partial charge in [-0.05, 0) is 36.8 Å². The summed E-state index contributed by atoms with van der Waals surface area (Å²) in [5.74, 6) is 0.898. The summed E-state index contributed by atoms with van der Waals surface area (Å²) in [6, 6.07) is 13.7. The van der Waals surface area contributed by atoms with Crippen LogP contribution in [0.15, 0.2) is 46.9 Å². The summed E-state index contributed by atoms with van der Waals surface area (Å²) in [4.78, 5) is 0. The highest BCUT2D eigenvalue weighted by Gasteiger charge is 2.01. The molecule has 0 saturated carbocycles. The molecule has 2 aromatic carbocycles. The quantitative estimate of drug-likeness (QED) is 0.782. The Bertz CT molecular complexity index is 560. The SMILES string of the molecule is Cc1ccc(Br)cc1OCCNc1ccccc1Cl. The first-order valence-corrected chi connectivity index (χ1v) is 7.21. The third kappa shape index (κ3) is 4.15. The fourth-order valence-electron chi connectivity index (χ4n) is 1.68. The molecule has 1 N–H and O–H groups in total. The van der Waals surface area contributed by atoms with Crippen molar-refractivity contribution in [1.29, 1.82) is 0 Å². The van der Waals surface area contributed by atoms with E-state index < -0.39 is 0 Å². The lowest BCUT2D eigenvalue weighted by atomic mass is 10.2. The van der Waals surface area contributed by atoms with Gasteiger partial charge in [0.1, 0.15) is 12.4 Å². The summed E-state index contributed by atoms with van der Waals surface area (Å²) in [7, 11) is 0. The van der Waals surface area contributed by atoms with E-state index in [1.165, 1.54) is 0 Å². The van der Waals surface area contributed by atoms with Gasteiger partial charge >= 0.3 is 0 Å². The molecular weight excluding hydrogens is 326 g/mol. The number of para-hydroxylation sites is 1. The van der Waals surface area contributed by atoms with Gasteiger partial charge in [-0.3, -0.25) is 0 Å². The van der Waals surface area contributed by atoms with Crippen LogP contribution in [0.4, 0.5) is 5.69 Å². The molecule has 4 heteroatoms. The standard InChI is InChI=1S/C15H15BrClNO/c1-11-6-7-12(16)10-15(11)19-9-8-18-14-5-3-2-4-13(14)17/h2-7,10,18H,8-9H2,1H3. The summed E-state index contributed by atoms with van der Waals surface area (Å²) in [5.41, 5.74) is 2.06. The number of ether oxygens (including phenoxy) is 1. The van der Waals surface area contributed by atoms with Crippen LogP contribution in [-0.2, 0) is 0 Å². The highest BCUT2D eigenvalue weighted by molar-refractivity contribution is 9.10. The monoisotopic (exact) mass is 339 g/mol. The van der Waals surface area contributed by atoms with Gasteiger partial charge in [0.25, 0.3) is 0 Å². The number of aryl methyl sites for hydroxylation is 1. The van der Waals surface area contributed by atoms with Crippen molar-refractivity contribution in [2.45, 2.75) is 6.92 Å². The van der Waals surface area contributed by atoms with Crippen LogP contribution in [0.5, 0.6) is 5.75 Å². The number of halogens is 2. The van der Waals surface area contributed by atoms with Crippen molar-refractivity contribution in [3.05, 3.63) is 57.5 Å². The van der Waals surface area contributed by atoms with E-state index >= 15 is 0 Å². The van der Waals surface area contributed by atoms with Crippen LogP contribution in [0.25, 0.3) is 0 Å². The van der Waals surface area contributed by atoms with Crippen LogP contribution in [0.1, 0.15) is 5.56 Å². The first-order chi connectivity index (χ1) is 9.16. The maximum absolute atomic E-state index is 6.06. The lowest BCUT2D eigenvalue weighted by molar-refractivity contribution is 0.330. The smallest absolute Gasteiger partial charge is 0.123 e. The Morgan fingerprint density at radius 3 is 2.79 bits per heavy atom. The highest BCUT2D eigenvalue weighted by atomic mass is 79.9. The topological polar surface area (TPSA) is 21.3 Å². The van der Waals surface area contributed by atoms with E-state index in [1.807, 2.05) is 49.4 Å². The molecule has 0 atom stereocenters. The molecule has 0 spiro atoms.